The van der Waals surface area contributed by atoms with E-state index in [4.69, 9.17) is 9.57 Å². The number of carbonyl (C=O) groups is 1. The van der Waals surface area contributed by atoms with Crippen LogP contribution < -0.4 is 5.32 Å². The maximum Gasteiger partial charge on any atom is 0.280 e. The molecule has 12 heteroatoms. The summed E-state index contributed by atoms with van der Waals surface area (Å²) in [6.45, 7) is 0.458. The molecular formula is C21H23N5O5S2. The molecule has 1 aromatic carbocycles. The lowest BCUT2D eigenvalue weighted by atomic mass is 10.1. The van der Waals surface area contributed by atoms with Crippen LogP contribution in [0.15, 0.2) is 52.8 Å². The van der Waals surface area contributed by atoms with E-state index >= 15 is 0 Å². The maximum absolute atomic E-state index is 13.0. The summed E-state index contributed by atoms with van der Waals surface area (Å²) >= 11 is 1.28. The molecule has 1 saturated carbocycles. The first-order valence-electron chi connectivity index (χ1n) is 10.1. The van der Waals surface area contributed by atoms with Crippen LogP contribution in [0, 0.1) is 0 Å². The van der Waals surface area contributed by atoms with E-state index in [1.54, 1.807) is 49.4 Å². The van der Waals surface area contributed by atoms with Gasteiger partial charge in [-0.05, 0) is 31.0 Å². The molecule has 10 nitrogen and oxygen atoms in total. The van der Waals surface area contributed by atoms with Crippen molar-refractivity contribution in [2.75, 3.05) is 12.4 Å². The van der Waals surface area contributed by atoms with E-state index in [0.717, 1.165) is 4.88 Å². The molecule has 33 heavy (non-hydrogen) atoms. The Morgan fingerprint density at radius 1 is 1.24 bits per heavy atom. The third kappa shape index (κ3) is 5.64. The van der Waals surface area contributed by atoms with Crippen molar-refractivity contribution < 1.29 is 22.8 Å². The highest BCUT2D eigenvalue weighted by Crippen LogP contribution is 2.33. The van der Waals surface area contributed by atoms with Gasteiger partial charge in [-0.2, -0.15) is 5.10 Å². The van der Waals surface area contributed by atoms with Crippen molar-refractivity contribution >= 4 is 37.9 Å². The summed E-state index contributed by atoms with van der Waals surface area (Å²) in [6.07, 6.45) is 4.75. The summed E-state index contributed by atoms with van der Waals surface area (Å²) in [5.41, 5.74) is 1.05. The largest absolute Gasteiger partial charge is 0.389 e. The number of benzene rings is 1. The minimum atomic E-state index is -3.33. The van der Waals surface area contributed by atoms with Gasteiger partial charge in [-0.1, -0.05) is 28.6 Å². The molecule has 0 unspecified atom stereocenters. The highest BCUT2D eigenvalue weighted by atomic mass is 32.2. The molecule has 3 aromatic rings. The van der Waals surface area contributed by atoms with E-state index in [0.29, 0.717) is 35.8 Å². The number of oxime groups is 1. The smallest absolute Gasteiger partial charge is 0.280 e. The summed E-state index contributed by atoms with van der Waals surface area (Å²) in [5.74, 6) is -0.535. The second-order valence-corrected chi connectivity index (χ2v) is 10.8. The number of hydrogen-bond donors (Lipinski definition) is 1. The summed E-state index contributed by atoms with van der Waals surface area (Å²) in [4.78, 5) is 23.7. The van der Waals surface area contributed by atoms with Gasteiger partial charge < -0.3 is 9.57 Å². The molecule has 1 aliphatic carbocycles. The van der Waals surface area contributed by atoms with Crippen molar-refractivity contribution in [2.45, 2.75) is 36.2 Å². The topological polar surface area (TPSA) is 125 Å². The van der Waals surface area contributed by atoms with Crippen LogP contribution in [0.5, 0.6) is 0 Å². The number of amides is 1. The van der Waals surface area contributed by atoms with E-state index in [9.17, 15) is 13.2 Å². The summed E-state index contributed by atoms with van der Waals surface area (Å²) in [7, 11) is 0.0317. The molecule has 0 bridgehead atoms. The van der Waals surface area contributed by atoms with Crippen LogP contribution >= 0.6 is 11.3 Å². The average Bonchev–Trinajstić information content (AvgIpc) is 3.45. The lowest BCUT2D eigenvalue weighted by Gasteiger charge is -2.08. The number of aryl methyl sites for hydroxylation is 1. The Bertz CT molecular complexity index is 1260. The van der Waals surface area contributed by atoms with Crippen LogP contribution in [0.25, 0.3) is 0 Å². The molecule has 0 aliphatic heterocycles. The number of nitrogens with zero attached hydrogens (tertiary/aromatic N) is 4. The van der Waals surface area contributed by atoms with E-state index < -0.39 is 15.7 Å². The average molecular weight is 490 g/mol. The van der Waals surface area contributed by atoms with Crippen LogP contribution in [0.3, 0.4) is 0 Å². The minimum Gasteiger partial charge on any atom is -0.389 e. The molecule has 0 atom stereocenters. The van der Waals surface area contributed by atoms with E-state index in [-0.39, 0.29) is 22.5 Å². The van der Waals surface area contributed by atoms with Crippen LogP contribution in [0.2, 0.25) is 0 Å². The molecule has 1 N–H and O–H groups in total. The van der Waals surface area contributed by atoms with Gasteiger partial charge in [0.15, 0.2) is 27.3 Å². The molecule has 2 aromatic heterocycles. The number of nitrogens with one attached hydrogen (secondary N) is 1. The Labute approximate surface area is 195 Å². The Morgan fingerprint density at radius 2 is 2.00 bits per heavy atom. The zero-order valence-corrected chi connectivity index (χ0v) is 19.7. The van der Waals surface area contributed by atoms with Gasteiger partial charge in [0.1, 0.15) is 5.69 Å². The Balaban J connectivity index is 1.55. The molecule has 0 spiro atoms. The first-order chi connectivity index (χ1) is 15.9. The zero-order valence-electron chi connectivity index (χ0n) is 18.1. The highest BCUT2D eigenvalue weighted by Gasteiger charge is 2.36. The van der Waals surface area contributed by atoms with Crippen LogP contribution in [0.4, 0.5) is 5.13 Å². The molecule has 0 radical (unpaired) electrons. The van der Waals surface area contributed by atoms with Crippen molar-refractivity contribution in [2.24, 2.45) is 12.2 Å². The fourth-order valence-electron chi connectivity index (χ4n) is 3.03. The third-order valence-corrected chi connectivity index (χ3v) is 8.00. The number of ether oxygens (including phenoxy) is 1. The number of hydrogen-bond acceptors (Lipinski definition) is 9. The fourth-order valence-corrected chi connectivity index (χ4v) is 5.47. The van der Waals surface area contributed by atoms with Crippen molar-refractivity contribution in [3.8, 4) is 0 Å². The molecule has 4 rings (SSSR count). The third-order valence-electron chi connectivity index (χ3n) is 4.83. The molecule has 1 aliphatic rings. The number of methoxy groups -OCH3 is 1. The van der Waals surface area contributed by atoms with Gasteiger partial charge >= 0.3 is 0 Å². The lowest BCUT2D eigenvalue weighted by molar-refractivity contribution is -0.110. The second-order valence-electron chi connectivity index (χ2n) is 7.48. The van der Waals surface area contributed by atoms with Gasteiger partial charge in [-0.3, -0.25) is 14.8 Å². The quantitative estimate of drug-likeness (QED) is 0.343. The predicted molar refractivity (Wildman–Crippen MR) is 123 cm³/mol. The first-order valence-corrected chi connectivity index (χ1v) is 12.5. The summed E-state index contributed by atoms with van der Waals surface area (Å²) < 4.78 is 31.7. The Kier molecular flexibility index (Phi) is 6.86. The number of rotatable bonds is 10. The fraction of sp³-hybridized carbons (Fsp3) is 0.333. The number of carbonyl (C=O) groups excluding carboxylic acids is 1. The normalized spacial score (nSPS) is 14.3. The standard InChI is InChI=1S/C21H23N5O5S2/c1-26-10-9-15(24-26)12-31-25-19(20(27)23-21-22-11-16(32-21)13-30-2)14-3-5-17(6-4-14)33(28,29)18-7-8-18/h3-6,9-11,18H,7-8,12-13H2,1-2H3,(H,22,23,27)/b25-19+. The predicted octanol–water partition coefficient (Wildman–Crippen LogP) is 2.52. The van der Waals surface area contributed by atoms with Gasteiger partial charge in [-0.25, -0.2) is 13.4 Å². The number of anilines is 1. The van der Waals surface area contributed by atoms with Gasteiger partial charge in [0, 0.05) is 32.1 Å². The molecule has 1 fully saturated rings. The van der Waals surface area contributed by atoms with E-state index in [1.165, 1.54) is 23.5 Å². The number of aromatic nitrogens is 3. The molecule has 1 amide bonds. The van der Waals surface area contributed by atoms with Crippen LogP contribution in [-0.4, -0.2) is 47.2 Å². The Hall–Kier alpha value is -3.09. The van der Waals surface area contributed by atoms with Crippen LogP contribution in [-0.2, 0) is 44.5 Å². The molecule has 2 heterocycles. The van der Waals surface area contributed by atoms with Crippen molar-refractivity contribution in [1.29, 1.82) is 0 Å². The van der Waals surface area contributed by atoms with E-state index in [1.807, 2.05) is 0 Å². The van der Waals surface area contributed by atoms with Crippen molar-refractivity contribution in [3.63, 3.8) is 0 Å². The molecule has 174 valence electrons. The molecule has 0 saturated heterocycles. The highest BCUT2D eigenvalue weighted by molar-refractivity contribution is 7.92. The lowest BCUT2D eigenvalue weighted by Crippen LogP contribution is -2.24. The van der Waals surface area contributed by atoms with Crippen LogP contribution in [0.1, 0.15) is 29.0 Å². The maximum atomic E-state index is 13.0. The first kappa shape index (κ1) is 23.1. The van der Waals surface area contributed by atoms with Crippen molar-refractivity contribution in [1.82, 2.24) is 14.8 Å². The monoisotopic (exact) mass is 489 g/mol. The zero-order chi connectivity index (χ0) is 23.4. The van der Waals surface area contributed by atoms with Gasteiger partial charge in [0.25, 0.3) is 5.91 Å². The van der Waals surface area contributed by atoms with Gasteiger partial charge in [0.05, 0.1) is 21.6 Å². The molecular weight excluding hydrogens is 466 g/mol. The second kappa shape index (κ2) is 9.81. The van der Waals surface area contributed by atoms with Gasteiger partial charge in [0.2, 0.25) is 0 Å². The summed E-state index contributed by atoms with van der Waals surface area (Å²) in [5, 5.41) is 11.0. The number of sulfone groups is 1. The SMILES string of the molecule is COCc1cnc(NC(=O)/C(=N/OCc2ccn(C)n2)c2ccc(S(=O)(=O)C3CC3)cc2)s1. The number of thiazole rings is 1. The van der Waals surface area contributed by atoms with Crippen molar-refractivity contribution in [3.05, 3.63) is 58.9 Å². The minimum absolute atomic E-state index is 0.00945. The Morgan fingerprint density at radius 3 is 2.64 bits per heavy atom. The summed E-state index contributed by atoms with van der Waals surface area (Å²) in [6, 6.07) is 7.86. The van der Waals surface area contributed by atoms with E-state index in [2.05, 4.69) is 20.6 Å². The van der Waals surface area contributed by atoms with Gasteiger partial charge in [-0.15, -0.1) is 0 Å².